The fourth-order valence-electron chi connectivity index (χ4n) is 2.88. The van der Waals surface area contributed by atoms with Gasteiger partial charge in [-0.05, 0) is 44.7 Å². The van der Waals surface area contributed by atoms with Gasteiger partial charge in [0, 0.05) is 24.8 Å². The zero-order chi connectivity index (χ0) is 13.8. The fourth-order valence-corrected chi connectivity index (χ4v) is 2.88. The number of hydrogen-bond donors (Lipinski definition) is 1. The zero-order valence-electron chi connectivity index (χ0n) is 12.1. The Morgan fingerprint density at radius 2 is 2.11 bits per heavy atom. The van der Waals surface area contributed by atoms with E-state index in [0.717, 1.165) is 43.1 Å². The van der Waals surface area contributed by atoms with Crippen LogP contribution in [0.1, 0.15) is 44.0 Å². The minimum Gasteiger partial charge on any atom is -0.385 e. The van der Waals surface area contributed by atoms with Gasteiger partial charge in [-0.25, -0.2) is 0 Å². The summed E-state index contributed by atoms with van der Waals surface area (Å²) in [7, 11) is 0. The molecule has 1 aliphatic rings. The highest BCUT2D eigenvalue weighted by atomic mass is 16.2. The molecule has 104 valence electrons. The number of rotatable bonds is 3. The van der Waals surface area contributed by atoms with E-state index < -0.39 is 0 Å². The summed E-state index contributed by atoms with van der Waals surface area (Å²) in [5, 5.41) is 3.27. The summed E-state index contributed by atoms with van der Waals surface area (Å²) in [5.41, 5.74) is 1.74. The van der Waals surface area contributed by atoms with E-state index in [9.17, 15) is 4.79 Å². The maximum Gasteiger partial charge on any atom is 0.256 e. The van der Waals surface area contributed by atoms with Crippen molar-refractivity contribution < 1.29 is 4.79 Å². The lowest BCUT2D eigenvalue weighted by Crippen LogP contribution is -2.44. The summed E-state index contributed by atoms with van der Waals surface area (Å²) < 4.78 is 0. The molecular formula is C16H24N2O. The molecule has 0 bridgehead atoms. The van der Waals surface area contributed by atoms with Crippen molar-refractivity contribution in [3.63, 3.8) is 0 Å². The number of carbonyl (C=O) groups excluding carboxylic acids is 1. The molecular weight excluding hydrogens is 236 g/mol. The minimum atomic E-state index is 0.163. The molecule has 1 amide bonds. The summed E-state index contributed by atoms with van der Waals surface area (Å²) in [6.07, 6.45) is 2.22. The molecule has 0 aromatic heterocycles. The van der Waals surface area contributed by atoms with Crippen molar-refractivity contribution in [2.75, 3.05) is 18.4 Å². The van der Waals surface area contributed by atoms with Crippen LogP contribution in [-0.2, 0) is 0 Å². The maximum absolute atomic E-state index is 12.7. The molecule has 2 unspecified atom stereocenters. The first-order valence-electron chi connectivity index (χ1n) is 7.27. The average Bonchev–Trinajstić information content (AvgIpc) is 2.39. The van der Waals surface area contributed by atoms with Gasteiger partial charge in [0.25, 0.3) is 5.91 Å². The van der Waals surface area contributed by atoms with Crippen molar-refractivity contribution in [3.05, 3.63) is 29.8 Å². The van der Waals surface area contributed by atoms with Crippen LogP contribution in [-0.4, -0.2) is 29.9 Å². The van der Waals surface area contributed by atoms with Crippen LogP contribution in [0.5, 0.6) is 0 Å². The second-order valence-electron chi connectivity index (χ2n) is 5.55. The average molecular weight is 260 g/mol. The van der Waals surface area contributed by atoms with Gasteiger partial charge in [-0.15, -0.1) is 0 Å². The van der Waals surface area contributed by atoms with Gasteiger partial charge in [-0.1, -0.05) is 19.1 Å². The molecule has 0 saturated carbocycles. The van der Waals surface area contributed by atoms with Crippen LogP contribution in [0.3, 0.4) is 0 Å². The first-order chi connectivity index (χ1) is 9.13. The molecule has 1 aromatic rings. The molecule has 19 heavy (non-hydrogen) atoms. The van der Waals surface area contributed by atoms with Crippen molar-refractivity contribution in [2.45, 2.75) is 39.7 Å². The maximum atomic E-state index is 12.7. The van der Waals surface area contributed by atoms with Gasteiger partial charge in [-0.3, -0.25) is 4.79 Å². The van der Waals surface area contributed by atoms with Gasteiger partial charge in [0.1, 0.15) is 0 Å². The van der Waals surface area contributed by atoms with Gasteiger partial charge in [0.2, 0.25) is 0 Å². The van der Waals surface area contributed by atoms with Crippen molar-refractivity contribution in [1.29, 1.82) is 0 Å². The molecule has 1 aliphatic heterocycles. The Hall–Kier alpha value is -1.51. The van der Waals surface area contributed by atoms with Crippen LogP contribution in [0.25, 0.3) is 0 Å². The molecule has 3 nitrogen and oxygen atoms in total. The van der Waals surface area contributed by atoms with Crippen molar-refractivity contribution in [1.82, 2.24) is 4.90 Å². The lowest BCUT2D eigenvalue weighted by molar-refractivity contribution is 0.0589. The molecule has 3 heteroatoms. The number of amides is 1. The minimum absolute atomic E-state index is 0.163. The number of likely N-dealkylation sites (tertiary alicyclic amines) is 1. The molecule has 2 atom stereocenters. The quantitative estimate of drug-likeness (QED) is 0.903. The van der Waals surface area contributed by atoms with Crippen LogP contribution in [0.2, 0.25) is 0 Å². The topological polar surface area (TPSA) is 32.3 Å². The number of carbonyl (C=O) groups is 1. The SMILES string of the molecule is CCNc1ccccc1C(=O)N1CCC(C)CC1C. The summed E-state index contributed by atoms with van der Waals surface area (Å²) >= 11 is 0. The highest BCUT2D eigenvalue weighted by Gasteiger charge is 2.28. The summed E-state index contributed by atoms with van der Waals surface area (Å²) in [6.45, 7) is 8.18. The van der Waals surface area contributed by atoms with Crippen molar-refractivity contribution in [2.24, 2.45) is 5.92 Å². The number of nitrogens with zero attached hydrogens (tertiary/aromatic N) is 1. The molecule has 1 N–H and O–H groups in total. The third-order valence-corrected chi connectivity index (χ3v) is 3.92. The number of anilines is 1. The zero-order valence-corrected chi connectivity index (χ0v) is 12.1. The van der Waals surface area contributed by atoms with E-state index in [-0.39, 0.29) is 5.91 Å². The van der Waals surface area contributed by atoms with E-state index in [2.05, 4.69) is 19.2 Å². The van der Waals surface area contributed by atoms with E-state index >= 15 is 0 Å². The number of para-hydroxylation sites is 1. The Balaban J connectivity index is 2.19. The van der Waals surface area contributed by atoms with Gasteiger partial charge >= 0.3 is 0 Å². The fraction of sp³-hybridized carbons (Fsp3) is 0.562. The molecule has 1 aromatic carbocycles. The Morgan fingerprint density at radius 3 is 2.79 bits per heavy atom. The molecule has 1 heterocycles. The van der Waals surface area contributed by atoms with Crippen LogP contribution in [0.15, 0.2) is 24.3 Å². The van der Waals surface area contributed by atoms with Gasteiger partial charge in [0.05, 0.1) is 5.56 Å². The largest absolute Gasteiger partial charge is 0.385 e. The lowest BCUT2D eigenvalue weighted by Gasteiger charge is -2.37. The highest BCUT2D eigenvalue weighted by Crippen LogP contribution is 2.25. The Bertz CT molecular complexity index is 444. The highest BCUT2D eigenvalue weighted by molar-refractivity contribution is 5.99. The van der Waals surface area contributed by atoms with Crippen LogP contribution in [0.4, 0.5) is 5.69 Å². The van der Waals surface area contributed by atoms with Gasteiger partial charge in [0.15, 0.2) is 0 Å². The Kier molecular flexibility index (Phi) is 4.46. The third kappa shape index (κ3) is 3.09. The standard InChI is InChI=1S/C16H24N2O/c1-4-17-15-8-6-5-7-14(15)16(19)18-10-9-12(2)11-13(18)3/h5-8,12-13,17H,4,9-11H2,1-3H3. The van der Waals surface area contributed by atoms with Crippen LogP contribution < -0.4 is 5.32 Å². The number of piperidine rings is 1. The summed E-state index contributed by atoms with van der Waals surface area (Å²) in [4.78, 5) is 14.7. The predicted octanol–water partition coefficient (Wildman–Crippen LogP) is 3.38. The lowest BCUT2D eigenvalue weighted by atomic mass is 9.92. The van der Waals surface area contributed by atoms with E-state index in [1.165, 1.54) is 0 Å². The summed E-state index contributed by atoms with van der Waals surface area (Å²) in [6, 6.07) is 8.15. The molecule has 1 saturated heterocycles. The van der Waals surface area contributed by atoms with E-state index in [0.29, 0.717) is 6.04 Å². The van der Waals surface area contributed by atoms with Crippen LogP contribution >= 0.6 is 0 Å². The van der Waals surface area contributed by atoms with Gasteiger partial charge < -0.3 is 10.2 Å². The molecule has 0 spiro atoms. The van der Waals surface area contributed by atoms with Gasteiger partial charge in [-0.2, -0.15) is 0 Å². The summed E-state index contributed by atoms with van der Waals surface area (Å²) in [5.74, 6) is 0.888. The van der Waals surface area contributed by atoms with Crippen molar-refractivity contribution in [3.8, 4) is 0 Å². The van der Waals surface area contributed by atoms with Crippen LogP contribution in [0, 0.1) is 5.92 Å². The first kappa shape index (κ1) is 13.9. The van der Waals surface area contributed by atoms with E-state index in [4.69, 9.17) is 0 Å². The van der Waals surface area contributed by atoms with Crippen molar-refractivity contribution >= 4 is 11.6 Å². The second kappa shape index (κ2) is 6.09. The monoisotopic (exact) mass is 260 g/mol. The third-order valence-electron chi connectivity index (χ3n) is 3.92. The molecule has 0 radical (unpaired) electrons. The first-order valence-corrected chi connectivity index (χ1v) is 7.27. The smallest absolute Gasteiger partial charge is 0.256 e. The predicted molar refractivity (Wildman–Crippen MR) is 79.5 cm³/mol. The van der Waals surface area contributed by atoms with E-state index in [1.54, 1.807) is 0 Å². The number of nitrogens with one attached hydrogen (secondary N) is 1. The molecule has 2 rings (SSSR count). The number of benzene rings is 1. The number of hydrogen-bond acceptors (Lipinski definition) is 2. The molecule has 1 fully saturated rings. The Morgan fingerprint density at radius 1 is 1.37 bits per heavy atom. The normalized spacial score (nSPS) is 23.2. The second-order valence-corrected chi connectivity index (χ2v) is 5.55. The molecule has 0 aliphatic carbocycles. The Labute approximate surface area is 116 Å². The van der Waals surface area contributed by atoms with E-state index in [1.807, 2.05) is 36.1 Å².